The van der Waals surface area contributed by atoms with Crippen LogP contribution in [0.2, 0.25) is 5.02 Å². The van der Waals surface area contributed by atoms with E-state index in [1.165, 1.54) is 18.2 Å². The predicted molar refractivity (Wildman–Crippen MR) is 100 cm³/mol. The molecule has 27 heavy (non-hydrogen) atoms. The summed E-state index contributed by atoms with van der Waals surface area (Å²) in [5.74, 6) is 0.162. The average molecular weight is 406 g/mol. The van der Waals surface area contributed by atoms with Crippen LogP contribution in [0.25, 0.3) is 11.5 Å². The van der Waals surface area contributed by atoms with Crippen molar-refractivity contribution in [3.63, 3.8) is 0 Å². The molecule has 0 bridgehead atoms. The van der Waals surface area contributed by atoms with Gasteiger partial charge in [0, 0.05) is 17.8 Å². The molecular formula is C18H16ClN3O4S. The van der Waals surface area contributed by atoms with Gasteiger partial charge < -0.3 is 9.73 Å². The summed E-state index contributed by atoms with van der Waals surface area (Å²) >= 11 is 5.80. The van der Waals surface area contributed by atoms with Crippen LogP contribution in [-0.2, 0) is 21.4 Å². The fourth-order valence-electron chi connectivity index (χ4n) is 2.28. The molecule has 0 aliphatic heterocycles. The van der Waals surface area contributed by atoms with Gasteiger partial charge >= 0.3 is 0 Å². The Hall–Kier alpha value is -2.68. The number of sulfonamides is 1. The zero-order valence-corrected chi connectivity index (χ0v) is 15.6. The second-order valence-electron chi connectivity index (χ2n) is 5.59. The van der Waals surface area contributed by atoms with Gasteiger partial charge in [0.05, 0.1) is 17.7 Å². The highest BCUT2D eigenvalue weighted by Gasteiger charge is 2.15. The Balaban J connectivity index is 1.55. The summed E-state index contributed by atoms with van der Waals surface area (Å²) in [5, 5.41) is 2.96. The molecule has 9 heteroatoms. The Labute approximate surface area is 161 Å². The van der Waals surface area contributed by atoms with Crippen LogP contribution in [0, 0.1) is 0 Å². The minimum atomic E-state index is -3.81. The van der Waals surface area contributed by atoms with E-state index in [0.29, 0.717) is 16.5 Å². The van der Waals surface area contributed by atoms with Gasteiger partial charge in [-0.15, -0.1) is 0 Å². The molecule has 0 aliphatic carbocycles. The van der Waals surface area contributed by atoms with Gasteiger partial charge in [0.1, 0.15) is 5.69 Å². The highest BCUT2D eigenvalue weighted by Crippen LogP contribution is 2.18. The number of carbonyl (C=O) groups excluding carboxylic acids is 1. The van der Waals surface area contributed by atoms with Crippen LogP contribution in [0.15, 0.2) is 70.3 Å². The molecule has 2 heterocycles. The first-order valence-electron chi connectivity index (χ1n) is 7.95. The van der Waals surface area contributed by atoms with Crippen molar-refractivity contribution in [2.24, 2.45) is 0 Å². The van der Waals surface area contributed by atoms with Crippen molar-refractivity contribution in [2.45, 2.75) is 11.4 Å². The minimum absolute atomic E-state index is 0.0000217. The molecule has 2 aromatic heterocycles. The first-order valence-corrected chi connectivity index (χ1v) is 9.81. The molecule has 0 atom stereocenters. The van der Waals surface area contributed by atoms with Crippen LogP contribution >= 0.6 is 11.6 Å². The SMILES string of the molecule is O=C(CNS(=O)(=O)c1cccc(Cl)c1)NCc1ccnc(-c2ccco2)c1. The lowest BCUT2D eigenvalue weighted by Crippen LogP contribution is -2.36. The number of amides is 1. The molecule has 0 spiro atoms. The van der Waals surface area contributed by atoms with Crippen molar-refractivity contribution in [1.29, 1.82) is 0 Å². The summed E-state index contributed by atoms with van der Waals surface area (Å²) in [6.45, 7) is -0.154. The van der Waals surface area contributed by atoms with Crippen LogP contribution in [-0.4, -0.2) is 25.9 Å². The summed E-state index contributed by atoms with van der Waals surface area (Å²) < 4.78 is 31.9. The Morgan fingerprint density at radius 1 is 1.15 bits per heavy atom. The van der Waals surface area contributed by atoms with Gasteiger partial charge in [-0.1, -0.05) is 17.7 Å². The normalized spacial score (nSPS) is 11.3. The summed E-state index contributed by atoms with van der Waals surface area (Å²) in [5.41, 5.74) is 1.45. The van der Waals surface area contributed by atoms with E-state index in [-0.39, 0.29) is 18.0 Å². The number of nitrogens with zero attached hydrogens (tertiary/aromatic N) is 1. The fraction of sp³-hybridized carbons (Fsp3) is 0.111. The first-order chi connectivity index (χ1) is 12.9. The maximum atomic E-state index is 12.2. The Kier molecular flexibility index (Phi) is 5.90. The second-order valence-corrected chi connectivity index (χ2v) is 7.79. The van der Waals surface area contributed by atoms with Crippen LogP contribution in [0.1, 0.15) is 5.56 Å². The smallest absolute Gasteiger partial charge is 0.241 e. The van der Waals surface area contributed by atoms with Crippen molar-refractivity contribution in [1.82, 2.24) is 15.0 Å². The van der Waals surface area contributed by atoms with Crippen LogP contribution < -0.4 is 10.0 Å². The molecule has 0 saturated carbocycles. The molecule has 0 radical (unpaired) electrons. The largest absolute Gasteiger partial charge is 0.463 e. The minimum Gasteiger partial charge on any atom is -0.463 e. The van der Waals surface area contributed by atoms with Crippen molar-refractivity contribution in [2.75, 3.05) is 6.54 Å². The van der Waals surface area contributed by atoms with E-state index in [0.717, 1.165) is 5.56 Å². The van der Waals surface area contributed by atoms with E-state index in [1.54, 1.807) is 42.8 Å². The van der Waals surface area contributed by atoms with Gasteiger partial charge in [0.25, 0.3) is 0 Å². The molecule has 3 rings (SSSR count). The zero-order valence-electron chi connectivity index (χ0n) is 14.1. The maximum absolute atomic E-state index is 12.2. The summed E-state index contributed by atoms with van der Waals surface area (Å²) in [4.78, 5) is 16.2. The highest BCUT2D eigenvalue weighted by atomic mass is 35.5. The summed E-state index contributed by atoms with van der Waals surface area (Å²) in [7, 11) is -3.81. The van der Waals surface area contributed by atoms with Crippen LogP contribution in [0.3, 0.4) is 0 Å². The van der Waals surface area contributed by atoms with Gasteiger partial charge in [-0.05, 0) is 48.0 Å². The Morgan fingerprint density at radius 2 is 2.00 bits per heavy atom. The molecule has 1 amide bonds. The van der Waals surface area contributed by atoms with E-state index in [9.17, 15) is 13.2 Å². The van der Waals surface area contributed by atoms with E-state index < -0.39 is 15.9 Å². The number of hydrogen-bond acceptors (Lipinski definition) is 5. The van der Waals surface area contributed by atoms with Crippen LogP contribution in [0.4, 0.5) is 0 Å². The number of aromatic nitrogens is 1. The average Bonchev–Trinajstić information content (AvgIpc) is 3.20. The van der Waals surface area contributed by atoms with E-state index in [4.69, 9.17) is 16.0 Å². The lowest BCUT2D eigenvalue weighted by molar-refractivity contribution is -0.120. The zero-order chi connectivity index (χ0) is 19.3. The molecule has 0 aliphatic rings. The molecule has 0 unspecified atom stereocenters. The highest BCUT2D eigenvalue weighted by molar-refractivity contribution is 7.89. The molecule has 1 aromatic carbocycles. The Bertz CT molecular complexity index is 1040. The Morgan fingerprint density at radius 3 is 2.74 bits per heavy atom. The number of rotatable bonds is 7. The van der Waals surface area contributed by atoms with E-state index >= 15 is 0 Å². The number of nitrogens with one attached hydrogen (secondary N) is 2. The van der Waals surface area contributed by atoms with Crippen molar-refractivity contribution in [3.05, 3.63) is 71.6 Å². The van der Waals surface area contributed by atoms with Crippen molar-refractivity contribution >= 4 is 27.5 Å². The third kappa shape index (κ3) is 5.16. The molecule has 3 aromatic rings. The number of halogens is 1. The number of benzene rings is 1. The predicted octanol–water partition coefficient (Wildman–Crippen LogP) is 2.59. The third-order valence-corrected chi connectivity index (χ3v) is 5.25. The quantitative estimate of drug-likeness (QED) is 0.629. The molecule has 0 saturated heterocycles. The lowest BCUT2D eigenvalue weighted by atomic mass is 10.2. The number of carbonyl (C=O) groups is 1. The molecule has 7 nitrogen and oxygen atoms in total. The third-order valence-electron chi connectivity index (χ3n) is 3.62. The molecule has 0 fully saturated rings. The number of hydrogen-bond donors (Lipinski definition) is 2. The molecule has 2 N–H and O–H groups in total. The second kappa shape index (κ2) is 8.34. The topological polar surface area (TPSA) is 101 Å². The number of furan rings is 1. The molecular weight excluding hydrogens is 390 g/mol. The van der Waals surface area contributed by atoms with Crippen molar-refractivity contribution < 1.29 is 17.6 Å². The first kappa shape index (κ1) is 19.1. The van der Waals surface area contributed by atoms with Gasteiger partial charge in [-0.2, -0.15) is 0 Å². The van der Waals surface area contributed by atoms with E-state index in [1.807, 2.05) is 0 Å². The summed E-state index contributed by atoms with van der Waals surface area (Å²) in [6, 6.07) is 12.9. The van der Waals surface area contributed by atoms with Gasteiger partial charge in [-0.3, -0.25) is 9.78 Å². The van der Waals surface area contributed by atoms with Crippen molar-refractivity contribution in [3.8, 4) is 11.5 Å². The van der Waals surface area contributed by atoms with Gasteiger partial charge in [-0.25, -0.2) is 13.1 Å². The maximum Gasteiger partial charge on any atom is 0.241 e. The number of pyridine rings is 1. The van der Waals surface area contributed by atoms with Crippen LogP contribution in [0.5, 0.6) is 0 Å². The summed E-state index contributed by atoms with van der Waals surface area (Å²) in [6.07, 6.45) is 3.17. The monoisotopic (exact) mass is 405 g/mol. The lowest BCUT2D eigenvalue weighted by Gasteiger charge is -2.08. The fourth-order valence-corrected chi connectivity index (χ4v) is 3.57. The van der Waals surface area contributed by atoms with Gasteiger partial charge in [0.2, 0.25) is 15.9 Å². The molecule has 140 valence electrons. The van der Waals surface area contributed by atoms with E-state index in [2.05, 4.69) is 15.0 Å². The standard InChI is InChI=1S/C18H16ClN3O4S/c19-14-3-1-4-15(10-14)27(24,25)22-12-18(23)21-11-13-6-7-20-16(9-13)17-5-2-8-26-17/h1-10,22H,11-12H2,(H,21,23). The van der Waals surface area contributed by atoms with Gasteiger partial charge in [0.15, 0.2) is 5.76 Å².